The van der Waals surface area contributed by atoms with Crippen LogP contribution in [0.1, 0.15) is 50.3 Å². The zero-order valence-corrected chi connectivity index (χ0v) is 15.1. The highest BCUT2D eigenvalue weighted by molar-refractivity contribution is 9.11. The van der Waals surface area contributed by atoms with Crippen molar-refractivity contribution in [3.63, 3.8) is 0 Å². The van der Waals surface area contributed by atoms with E-state index >= 15 is 0 Å². The maximum Gasteiger partial charge on any atom is 0.0701 e. The smallest absolute Gasteiger partial charge is 0.0701 e. The Hall–Kier alpha value is 0.1000. The number of thiophene rings is 1. The zero-order chi connectivity index (χ0) is 14.7. The second kappa shape index (κ2) is 5.05. The Morgan fingerprint density at radius 1 is 1.33 bits per heavy atom. The topological polar surface area (TPSA) is 38.0 Å². The molecule has 0 radical (unpaired) electrons. The van der Waals surface area contributed by atoms with Gasteiger partial charge in [-0.15, -0.1) is 11.3 Å². The molecule has 4 heteroatoms. The van der Waals surface area contributed by atoms with Crippen molar-refractivity contribution in [1.29, 1.82) is 0 Å². The van der Waals surface area contributed by atoms with Gasteiger partial charge in [-0.2, -0.15) is 0 Å². The lowest BCUT2D eigenvalue weighted by Gasteiger charge is -2.63. The van der Waals surface area contributed by atoms with Crippen molar-refractivity contribution in [2.24, 2.45) is 28.5 Å². The van der Waals surface area contributed by atoms with Crippen molar-refractivity contribution in [2.75, 3.05) is 0 Å². The van der Waals surface area contributed by atoms with Gasteiger partial charge in [0.25, 0.3) is 0 Å². The molecule has 3 unspecified atom stereocenters. The molecular formula is C17H25BrN2S. The molecule has 0 amide bonds. The second-order valence-electron chi connectivity index (χ2n) is 8.26. The third kappa shape index (κ3) is 2.52. The maximum atomic E-state index is 6.03. The van der Waals surface area contributed by atoms with Gasteiger partial charge in [0.1, 0.15) is 0 Å². The fraction of sp³-hybridized carbons (Fsp3) is 0.765. The highest BCUT2D eigenvalue weighted by Crippen LogP contribution is 2.66. The van der Waals surface area contributed by atoms with E-state index in [1.807, 2.05) is 11.3 Å². The fourth-order valence-electron chi connectivity index (χ4n) is 6.32. The predicted octanol–water partition coefficient (Wildman–Crippen LogP) is 4.49. The summed E-state index contributed by atoms with van der Waals surface area (Å²) in [6, 6.07) is 4.85. The van der Waals surface area contributed by atoms with Gasteiger partial charge in [-0.05, 0) is 95.7 Å². The molecule has 21 heavy (non-hydrogen) atoms. The van der Waals surface area contributed by atoms with Crippen LogP contribution in [0.25, 0.3) is 0 Å². The number of hydrazine groups is 1. The van der Waals surface area contributed by atoms with Crippen molar-refractivity contribution in [3.05, 3.63) is 20.8 Å². The summed E-state index contributed by atoms with van der Waals surface area (Å²) >= 11 is 5.44. The first-order valence-electron chi connectivity index (χ1n) is 8.21. The molecule has 4 saturated carbocycles. The Kier molecular flexibility index (Phi) is 3.53. The quantitative estimate of drug-likeness (QED) is 0.606. The van der Waals surface area contributed by atoms with Crippen LogP contribution in [0.15, 0.2) is 15.9 Å². The van der Waals surface area contributed by atoms with E-state index in [9.17, 15) is 0 Å². The summed E-state index contributed by atoms with van der Waals surface area (Å²) in [6.07, 6.45) is 9.69. The summed E-state index contributed by atoms with van der Waals surface area (Å²) in [5.41, 5.74) is 4.27. The average Bonchev–Trinajstić information content (AvgIpc) is 2.78. The van der Waals surface area contributed by atoms with Crippen LogP contribution in [0.4, 0.5) is 0 Å². The van der Waals surface area contributed by atoms with Crippen molar-refractivity contribution in [3.8, 4) is 0 Å². The molecule has 4 fully saturated rings. The number of nitrogens with two attached hydrogens (primary N) is 1. The summed E-state index contributed by atoms with van der Waals surface area (Å²) in [6.45, 7) is 2.54. The van der Waals surface area contributed by atoms with Gasteiger partial charge in [0.15, 0.2) is 0 Å². The molecular weight excluding hydrogens is 344 g/mol. The molecule has 5 rings (SSSR count). The molecule has 1 heterocycles. The molecule has 2 nitrogen and oxygen atoms in total. The molecule has 1 aromatic heterocycles. The van der Waals surface area contributed by atoms with Crippen molar-refractivity contribution in [2.45, 2.75) is 57.9 Å². The van der Waals surface area contributed by atoms with Crippen molar-refractivity contribution < 1.29 is 0 Å². The number of hydrogen-bond donors (Lipinski definition) is 2. The maximum absolute atomic E-state index is 6.03. The standard InChI is InChI=1S/C17H25BrN2S/c1-16-6-11-4-12(7-16)9-17(8-11,10-16)14(20-19)5-13-2-3-15(18)21-13/h2-3,11-12,14,20H,4-10,19H2,1H3. The highest BCUT2D eigenvalue weighted by atomic mass is 79.9. The first kappa shape index (κ1) is 14.7. The molecule has 3 N–H and O–H groups in total. The van der Waals surface area contributed by atoms with Crippen LogP contribution in [-0.2, 0) is 6.42 Å². The molecule has 1 aromatic rings. The first-order valence-corrected chi connectivity index (χ1v) is 9.82. The van der Waals surface area contributed by atoms with Gasteiger partial charge in [-0.25, -0.2) is 0 Å². The van der Waals surface area contributed by atoms with Gasteiger partial charge in [-0.1, -0.05) is 6.92 Å². The van der Waals surface area contributed by atoms with Gasteiger partial charge in [0, 0.05) is 10.9 Å². The van der Waals surface area contributed by atoms with Crippen LogP contribution < -0.4 is 11.3 Å². The van der Waals surface area contributed by atoms with Gasteiger partial charge in [0.2, 0.25) is 0 Å². The number of rotatable bonds is 4. The predicted molar refractivity (Wildman–Crippen MR) is 92.1 cm³/mol. The van der Waals surface area contributed by atoms with E-state index in [-0.39, 0.29) is 0 Å². The number of hydrogen-bond acceptors (Lipinski definition) is 3. The highest BCUT2D eigenvalue weighted by Gasteiger charge is 2.58. The van der Waals surface area contributed by atoms with Gasteiger partial charge >= 0.3 is 0 Å². The largest absolute Gasteiger partial charge is 0.271 e. The van der Waals surface area contributed by atoms with Crippen LogP contribution >= 0.6 is 27.3 Å². The fourth-order valence-corrected chi connectivity index (χ4v) is 7.85. The molecule has 0 spiro atoms. The SMILES string of the molecule is CC12CC3CC(C1)CC(C(Cc1ccc(Br)s1)NN)(C3)C2. The minimum Gasteiger partial charge on any atom is -0.271 e. The number of nitrogens with one attached hydrogen (secondary N) is 1. The lowest BCUT2D eigenvalue weighted by atomic mass is 9.43. The molecule has 4 bridgehead atoms. The van der Waals surface area contributed by atoms with Crippen LogP contribution in [0.5, 0.6) is 0 Å². The van der Waals surface area contributed by atoms with Crippen LogP contribution in [-0.4, -0.2) is 6.04 Å². The van der Waals surface area contributed by atoms with E-state index < -0.39 is 0 Å². The Morgan fingerprint density at radius 2 is 2.05 bits per heavy atom. The van der Waals surface area contributed by atoms with Gasteiger partial charge < -0.3 is 0 Å². The van der Waals surface area contributed by atoms with Crippen LogP contribution in [0.2, 0.25) is 0 Å². The monoisotopic (exact) mass is 368 g/mol. The lowest BCUT2D eigenvalue weighted by Crippen LogP contribution is -2.60. The first-order chi connectivity index (χ1) is 10.0. The minimum atomic E-state index is 0.438. The summed E-state index contributed by atoms with van der Waals surface area (Å²) in [4.78, 5) is 1.45. The normalized spacial score (nSPS) is 42.4. The Labute approximate surface area is 140 Å². The van der Waals surface area contributed by atoms with Crippen molar-refractivity contribution in [1.82, 2.24) is 5.43 Å². The van der Waals surface area contributed by atoms with Crippen molar-refractivity contribution >= 4 is 27.3 Å². The summed E-state index contributed by atoms with van der Waals surface area (Å²) < 4.78 is 1.23. The molecule has 0 saturated heterocycles. The van der Waals surface area contributed by atoms with Crippen LogP contribution in [0.3, 0.4) is 0 Å². The van der Waals surface area contributed by atoms with Gasteiger partial charge in [0.05, 0.1) is 3.79 Å². The molecule has 0 aromatic carbocycles. The van der Waals surface area contributed by atoms with E-state index in [0.717, 1.165) is 18.3 Å². The molecule has 4 aliphatic rings. The third-order valence-electron chi connectivity index (χ3n) is 6.37. The molecule has 116 valence electrons. The Morgan fingerprint density at radius 3 is 2.57 bits per heavy atom. The van der Waals surface area contributed by atoms with E-state index in [4.69, 9.17) is 5.84 Å². The zero-order valence-electron chi connectivity index (χ0n) is 12.7. The number of halogens is 1. The Bertz CT molecular complexity index is 527. The molecule has 4 aliphatic carbocycles. The summed E-state index contributed by atoms with van der Waals surface area (Å²) in [5.74, 6) is 7.96. The molecule has 3 atom stereocenters. The molecule has 0 aliphatic heterocycles. The minimum absolute atomic E-state index is 0.438. The van der Waals surface area contributed by atoms with Crippen LogP contribution in [0, 0.1) is 22.7 Å². The Balaban J connectivity index is 1.60. The van der Waals surface area contributed by atoms with E-state index in [1.54, 1.807) is 0 Å². The third-order valence-corrected chi connectivity index (χ3v) is 8.02. The van der Waals surface area contributed by atoms with E-state index in [1.165, 1.54) is 47.2 Å². The summed E-state index contributed by atoms with van der Waals surface area (Å²) in [7, 11) is 0. The van der Waals surface area contributed by atoms with E-state index in [2.05, 4.69) is 40.4 Å². The van der Waals surface area contributed by atoms with E-state index in [0.29, 0.717) is 16.9 Å². The lowest BCUT2D eigenvalue weighted by molar-refractivity contribution is -0.118. The average molecular weight is 369 g/mol. The second-order valence-corrected chi connectivity index (χ2v) is 10.8. The summed E-state index contributed by atoms with van der Waals surface area (Å²) in [5, 5.41) is 0. The van der Waals surface area contributed by atoms with Gasteiger partial charge in [-0.3, -0.25) is 11.3 Å².